The Hall–Kier alpha value is -2.73. The van der Waals surface area contributed by atoms with Crippen molar-refractivity contribution in [1.82, 2.24) is 4.90 Å². The monoisotopic (exact) mass is 368 g/mol. The molecule has 5 nitrogen and oxygen atoms in total. The van der Waals surface area contributed by atoms with Gasteiger partial charge in [0.1, 0.15) is 11.9 Å². The average molecular weight is 368 g/mol. The van der Waals surface area contributed by atoms with E-state index in [0.717, 1.165) is 5.69 Å². The van der Waals surface area contributed by atoms with E-state index in [1.54, 1.807) is 28.0 Å². The third-order valence-corrected chi connectivity index (χ3v) is 5.17. The van der Waals surface area contributed by atoms with Gasteiger partial charge in [0, 0.05) is 30.8 Å². The van der Waals surface area contributed by atoms with Crippen molar-refractivity contribution in [2.45, 2.75) is 12.5 Å². The van der Waals surface area contributed by atoms with Gasteiger partial charge in [0.25, 0.3) is 0 Å². The predicted molar refractivity (Wildman–Crippen MR) is 98.6 cm³/mol. The summed E-state index contributed by atoms with van der Waals surface area (Å²) in [4.78, 5) is 28.7. The normalized spacial score (nSPS) is 22.9. The molecule has 0 spiro atoms. The van der Waals surface area contributed by atoms with Gasteiger partial charge in [-0.25, -0.2) is 4.39 Å². The number of carbonyl (C=O) groups is 2. The van der Waals surface area contributed by atoms with Gasteiger partial charge < -0.3 is 14.5 Å². The van der Waals surface area contributed by atoms with E-state index < -0.39 is 6.10 Å². The minimum atomic E-state index is -0.480. The highest BCUT2D eigenvalue weighted by Gasteiger charge is 2.38. The second kappa shape index (κ2) is 7.48. The zero-order valence-corrected chi connectivity index (χ0v) is 14.9. The van der Waals surface area contributed by atoms with Crippen LogP contribution in [0.3, 0.4) is 0 Å². The van der Waals surface area contributed by atoms with Gasteiger partial charge in [0.05, 0.1) is 19.1 Å². The number of rotatable bonds is 3. The van der Waals surface area contributed by atoms with Gasteiger partial charge >= 0.3 is 0 Å². The van der Waals surface area contributed by atoms with Crippen LogP contribution in [-0.2, 0) is 14.3 Å². The summed E-state index contributed by atoms with van der Waals surface area (Å²) in [5.41, 5.74) is 1.27. The first kappa shape index (κ1) is 17.7. The Morgan fingerprint density at radius 3 is 2.56 bits per heavy atom. The molecule has 2 atom stereocenters. The summed E-state index contributed by atoms with van der Waals surface area (Å²) in [5.74, 6) is -0.815. The van der Waals surface area contributed by atoms with Crippen molar-refractivity contribution in [2.75, 3.05) is 31.1 Å². The molecule has 2 fully saturated rings. The van der Waals surface area contributed by atoms with Crippen LogP contribution in [0.15, 0.2) is 54.6 Å². The summed E-state index contributed by atoms with van der Waals surface area (Å²) in [7, 11) is 0. The fraction of sp³-hybridized carbons (Fsp3) is 0.333. The number of ether oxygens (including phenoxy) is 1. The second-order valence-electron chi connectivity index (χ2n) is 6.91. The van der Waals surface area contributed by atoms with Crippen molar-refractivity contribution in [2.24, 2.45) is 5.92 Å². The first-order valence-corrected chi connectivity index (χ1v) is 9.13. The van der Waals surface area contributed by atoms with E-state index in [1.165, 1.54) is 6.07 Å². The number of halogens is 1. The predicted octanol–water partition coefficient (Wildman–Crippen LogP) is 2.78. The summed E-state index contributed by atoms with van der Waals surface area (Å²) >= 11 is 0. The van der Waals surface area contributed by atoms with E-state index in [4.69, 9.17) is 4.74 Å². The number of carbonyl (C=O) groups excluding carboxylic acids is 2. The van der Waals surface area contributed by atoms with E-state index in [1.807, 2.05) is 30.3 Å². The van der Waals surface area contributed by atoms with Gasteiger partial charge in [-0.3, -0.25) is 9.59 Å². The fourth-order valence-electron chi connectivity index (χ4n) is 3.76. The van der Waals surface area contributed by atoms with Crippen LogP contribution in [0.2, 0.25) is 0 Å². The lowest BCUT2D eigenvalue weighted by Gasteiger charge is -2.34. The van der Waals surface area contributed by atoms with E-state index >= 15 is 0 Å². The Bertz CT molecular complexity index is 842. The molecular formula is C21H21FN2O3. The Balaban J connectivity index is 1.45. The van der Waals surface area contributed by atoms with E-state index in [9.17, 15) is 14.0 Å². The van der Waals surface area contributed by atoms with Crippen molar-refractivity contribution < 1.29 is 18.7 Å². The van der Waals surface area contributed by atoms with Gasteiger partial charge in [0.15, 0.2) is 0 Å². The molecule has 0 N–H and O–H groups in total. The molecule has 2 heterocycles. The van der Waals surface area contributed by atoms with Crippen LogP contribution in [0.1, 0.15) is 18.1 Å². The molecule has 2 saturated heterocycles. The Kier molecular flexibility index (Phi) is 4.90. The molecule has 4 rings (SSSR count). The highest BCUT2D eigenvalue weighted by atomic mass is 19.1. The molecule has 0 aromatic heterocycles. The van der Waals surface area contributed by atoms with Crippen molar-refractivity contribution in [3.63, 3.8) is 0 Å². The summed E-state index contributed by atoms with van der Waals surface area (Å²) in [6.07, 6.45) is -0.277. The van der Waals surface area contributed by atoms with Crippen molar-refractivity contribution >= 4 is 17.5 Å². The number of para-hydroxylation sites is 1. The van der Waals surface area contributed by atoms with Gasteiger partial charge in [-0.2, -0.15) is 0 Å². The zero-order valence-electron chi connectivity index (χ0n) is 14.9. The largest absolute Gasteiger partial charge is 0.370 e. The van der Waals surface area contributed by atoms with Gasteiger partial charge in [-0.15, -0.1) is 0 Å². The minimum absolute atomic E-state index is 0.0431. The number of hydrogen-bond donors (Lipinski definition) is 0. The Morgan fingerprint density at radius 2 is 1.78 bits per heavy atom. The zero-order chi connectivity index (χ0) is 18.8. The number of benzene rings is 2. The van der Waals surface area contributed by atoms with Crippen molar-refractivity contribution in [3.8, 4) is 0 Å². The number of hydrogen-bond acceptors (Lipinski definition) is 3. The van der Waals surface area contributed by atoms with Gasteiger partial charge in [-0.05, 0) is 18.2 Å². The molecule has 0 aliphatic carbocycles. The lowest BCUT2D eigenvalue weighted by atomic mass is 10.0. The highest BCUT2D eigenvalue weighted by molar-refractivity contribution is 6.00. The number of morpholine rings is 1. The third-order valence-electron chi connectivity index (χ3n) is 5.17. The van der Waals surface area contributed by atoms with Crippen molar-refractivity contribution in [3.05, 3.63) is 66.0 Å². The Labute approximate surface area is 157 Å². The molecule has 0 bridgehead atoms. The summed E-state index contributed by atoms with van der Waals surface area (Å²) in [5, 5.41) is 0. The van der Waals surface area contributed by atoms with Crippen LogP contribution in [0.5, 0.6) is 0 Å². The molecule has 2 amide bonds. The highest BCUT2D eigenvalue weighted by Crippen LogP contribution is 2.29. The lowest BCUT2D eigenvalue weighted by Crippen LogP contribution is -2.45. The molecular weight excluding hydrogens is 347 g/mol. The standard InChI is InChI=1S/C21H21FN2O3/c22-18-9-5-4-8-17(18)19-14-23(10-11-27-19)21(26)15-12-20(25)24(13-15)16-6-2-1-3-7-16/h1-9,15,19H,10-14H2. The van der Waals surface area contributed by atoms with Crippen LogP contribution in [-0.4, -0.2) is 43.0 Å². The molecule has 0 radical (unpaired) electrons. The molecule has 2 unspecified atom stereocenters. The molecule has 6 heteroatoms. The first-order valence-electron chi connectivity index (χ1n) is 9.13. The second-order valence-corrected chi connectivity index (χ2v) is 6.91. The molecule has 2 aliphatic heterocycles. The quantitative estimate of drug-likeness (QED) is 0.837. The molecule has 2 aromatic rings. The number of nitrogens with zero attached hydrogens (tertiary/aromatic N) is 2. The van der Waals surface area contributed by atoms with Crippen LogP contribution in [0, 0.1) is 11.7 Å². The van der Waals surface area contributed by atoms with Gasteiger partial charge in [0.2, 0.25) is 11.8 Å². The SMILES string of the molecule is O=C(C1CC(=O)N(c2ccccc2)C1)N1CCOC(c2ccccc2F)C1. The van der Waals surface area contributed by atoms with Crippen LogP contribution in [0.4, 0.5) is 10.1 Å². The maximum Gasteiger partial charge on any atom is 0.228 e. The topological polar surface area (TPSA) is 49.9 Å². The van der Waals surface area contributed by atoms with E-state index in [0.29, 0.717) is 31.8 Å². The van der Waals surface area contributed by atoms with Crippen LogP contribution >= 0.6 is 0 Å². The third kappa shape index (κ3) is 3.57. The van der Waals surface area contributed by atoms with E-state index in [2.05, 4.69) is 0 Å². The smallest absolute Gasteiger partial charge is 0.228 e. The van der Waals surface area contributed by atoms with Crippen LogP contribution < -0.4 is 4.90 Å². The van der Waals surface area contributed by atoms with Gasteiger partial charge in [-0.1, -0.05) is 36.4 Å². The minimum Gasteiger partial charge on any atom is -0.370 e. The lowest BCUT2D eigenvalue weighted by molar-refractivity contribution is -0.143. The van der Waals surface area contributed by atoms with Crippen molar-refractivity contribution in [1.29, 1.82) is 0 Å². The number of amides is 2. The average Bonchev–Trinajstić information content (AvgIpc) is 3.10. The number of anilines is 1. The molecule has 140 valence electrons. The van der Waals surface area contributed by atoms with Crippen LogP contribution in [0.25, 0.3) is 0 Å². The molecule has 0 saturated carbocycles. The molecule has 2 aromatic carbocycles. The summed E-state index contributed by atoms with van der Waals surface area (Å²) in [6.45, 7) is 1.49. The summed E-state index contributed by atoms with van der Waals surface area (Å²) in [6, 6.07) is 15.8. The fourth-order valence-corrected chi connectivity index (χ4v) is 3.76. The molecule has 2 aliphatic rings. The summed E-state index contributed by atoms with van der Waals surface area (Å²) < 4.78 is 19.7. The first-order chi connectivity index (χ1) is 13.1. The van der Waals surface area contributed by atoms with E-state index in [-0.39, 0.29) is 30.0 Å². The maximum atomic E-state index is 14.1. The maximum absolute atomic E-state index is 14.1. The Morgan fingerprint density at radius 1 is 1.04 bits per heavy atom. The molecule has 27 heavy (non-hydrogen) atoms.